The summed E-state index contributed by atoms with van der Waals surface area (Å²) in [5.74, 6) is 0.949. The van der Waals surface area contributed by atoms with Gasteiger partial charge in [0.25, 0.3) is 5.91 Å². The van der Waals surface area contributed by atoms with Gasteiger partial charge in [-0.3, -0.25) is 4.79 Å². The lowest BCUT2D eigenvalue weighted by Gasteiger charge is -2.23. The van der Waals surface area contributed by atoms with E-state index in [4.69, 9.17) is 0 Å². The van der Waals surface area contributed by atoms with Crippen LogP contribution in [0.4, 0.5) is 0 Å². The summed E-state index contributed by atoms with van der Waals surface area (Å²) in [6.45, 7) is 7.97. The van der Waals surface area contributed by atoms with Gasteiger partial charge in [0.1, 0.15) is 12.2 Å². The monoisotopic (exact) mass is 336 g/mol. The maximum atomic E-state index is 12.4. The van der Waals surface area contributed by atoms with Crippen LogP contribution in [0.25, 0.3) is 0 Å². The van der Waals surface area contributed by atoms with E-state index in [2.05, 4.69) is 29.2 Å². The summed E-state index contributed by atoms with van der Waals surface area (Å²) in [5.41, 5.74) is -0.900. The van der Waals surface area contributed by atoms with Gasteiger partial charge in [-0.2, -0.15) is 5.10 Å². The molecule has 0 aliphatic rings. The van der Waals surface area contributed by atoms with Gasteiger partial charge in [0.05, 0.1) is 23.1 Å². The number of thiophene rings is 1. The Morgan fingerprint density at radius 2 is 2.22 bits per heavy atom. The van der Waals surface area contributed by atoms with Gasteiger partial charge in [0.2, 0.25) is 0 Å². The van der Waals surface area contributed by atoms with E-state index in [9.17, 15) is 9.90 Å². The van der Waals surface area contributed by atoms with Crippen LogP contribution in [0.1, 0.15) is 55.7 Å². The number of rotatable bonds is 7. The van der Waals surface area contributed by atoms with Crippen molar-refractivity contribution in [3.63, 3.8) is 0 Å². The number of carbonyl (C=O) groups excluding carboxylic acids is 1. The molecule has 0 aromatic carbocycles. The molecular formula is C16H24N4O2S. The Labute approximate surface area is 140 Å². The van der Waals surface area contributed by atoms with Crippen LogP contribution in [-0.4, -0.2) is 31.4 Å². The second-order valence-corrected chi connectivity index (χ2v) is 7.67. The predicted molar refractivity (Wildman–Crippen MR) is 90.3 cm³/mol. The highest BCUT2D eigenvalue weighted by atomic mass is 32.1. The molecule has 2 rings (SSSR count). The molecule has 1 amide bonds. The smallest absolute Gasteiger partial charge is 0.261 e. The van der Waals surface area contributed by atoms with Crippen LogP contribution in [-0.2, 0) is 6.54 Å². The molecule has 2 N–H and O–H groups in total. The van der Waals surface area contributed by atoms with Crippen LogP contribution in [0.5, 0.6) is 0 Å². The van der Waals surface area contributed by atoms with Crippen LogP contribution in [0.2, 0.25) is 0 Å². The van der Waals surface area contributed by atoms with Gasteiger partial charge in [-0.05, 0) is 37.6 Å². The van der Waals surface area contributed by atoms with Crippen molar-refractivity contribution in [2.75, 3.05) is 0 Å². The Morgan fingerprint density at radius 3 is 2.78 bits per heavy atom. The number of nitrogens with zero attached hydrogens (tertiary/aromatic N) is 3. The molecule has 2 aromatic rings. The van der Waals surface area contributed by atoms with E-state index in [1.165, 1.54) is 17.7 Å². The third-order valence-corrected chi connectivity index (χ3v) is 4.12. The minimum absolute atomic E-state index is 0.108. The average molecular weight is 336 g/mol. The topological polar surface area (TPSA) is 80.0 Å². The maximum Gasteiger partial charge on any atom is 0.261 e. The standard InChI is InChI=1S/C16H24N4O2S/c1-11(2)8-12(19-15(21)13-6-5-7-23-13)14-17-10-18-20(14)9-16(3,4)22/h5-7,10-12,22H,8-9H2,1-4H3,(H,19,21). The highest BCUT2D eigenvalue weighted by molar-refractivity contribution is 7.12. The van der Waals surface area contributed by atoms with Crippen molar-refractivity contribution in [3.05, 3.63) is 34.5 Å². The summed E-state index contributed by atoms with van der Waals surface area (Å²) in [6, 6.07) is 3.41. The van der Waals surface area contributed by atoms with E-state index in [0.717, 1.165) is 6.42 Å². The molecule has 0 bridgehead atoms. The largest absolute Gasteiger partial charge is 0.389 e. The highest BCUT2D eigenvalue weighted by Gasteiger charge is 2.25. The molecule has 0 fully saturated rings. The SMILES string of the molecule is CC(C)CC(NC(=O)c1cccs1)c1ncnn1CC(C)(C)O. The first-order valence-electron chi connectivity index (χ1n) is 7.70. The molecule has 7 heteroatoms. The number of amides is 1. The average Bonchev–Trinajstić information content (AvgIpc) is 3.05. The summed E-state index contributed by atoms with van der Waals surface area (Å²) in [5, 5.41) is 19.2. The molecule has 0 saturated carbocycles. The summed E-state index contributed by atoms with van der Waals surface area (Å²) in [7, 11) is 0. The fourth-order valence-corrected chi connectivity index (χ4v) is 3.00. The summed E-state index contributed by atoms with van der Waals surface area (Å²) in [4.78, 5) is 17.4. The van der Waals surface area contributed by atoms with E-state index in [1.54, 1.807) is 24.6 Å². The van der Waals surface area contributed by atoms with E-state index < -0.39 is 5.60 Å². The van der Waals surface area contributed by atoms with Gasteiger partial charge >= 0.3 is 0 Å². The van der Waals surface area contributed by atoms with Gasteiger partial charge in [0.15, 0.2) is 0 Å². The number of hydrogen-bond donors (Lipinski definition) is 2. The molecule has 2 aromatic heterocycles. The van der Waals surface area contributed by atoms with Crippen LogP contribution >= 0.6 is 11.3 Å². The first kappa shape index (κ1) is 17.6. The van der Waals surface area contributed by atoms with Crippen molar-refractivity contribution in [1.82, 2.24) is 20.1 Å². The first-order chi connectivity index (χ1) is 10.8. The zero-order valence-electron chi connectivity index (χ0n) is 14.0. The van der Waals surface area contributed by atoms with E-state index in [1.807, 2.05) is 11.4 Å². The molecular weight excluding hydrogens is 312 g/mol. The van der Waals surface area contributed by atoms with Crippen molar-refractivity contribution < 1.29 is 9.90 Å². The Hall–Kier alpha value is -1.73. The van der Waals surface area contributed by atoms with Gasteiger partial charge in [-0.25, -0.2) is 9.67 Å². The zero-order chi connectivity index (χ0) is 17.0. The molecule has 0 saturated heterocycles. The maximum absolute atomic E-state index is 12.4. The third kappa shape index (κ3) is 5.14. The van der Waals surface area contributed by atoms with Crippen LogP contribution in [0.3, 0.4) is 0 Å². The van der Waals surface area contributed by atoms with Crippen LogP contribution in [0, 0.1) is 5.92 Å². The summed E-state index contributed by atoms with van der Waals surface area (Å²) >= 11 is 1.41. The molecule has 0 radical (unpaired) electrons. The molecule has 0 aliphatic heterocycles. The van der Waals surface area contributed by atoms with Crippen molar-refractivity contribution in [2.45, 2.75) is 52.3 Å². The lowest BCUT2D eigenvalue weighted by atomic mass is 10.0. The van der Waals surface area contributed by atoms with Crippen LogP contribution < -0.4 is 5.32 Å². The lowest BCUT2D eigenvalue weighted by Crippen LogP contribution is -2.34. The van der Waals surface area contributed by atoms with Crippen molar-refractivity contribution >= 4 is 17.2 Å². The highest BCUT2D eigenvalue weighted by Crippen LogP contribution is 2.22. The van der Waals surface area contributed by atoms with Gasteiger partial charge in [-0.1, -0.05) is 19.9 Å². The van der Waals surface area contributed by atoms with Crippen molar-refractivity contribution in [2.24, 2.45) is 5.92 Å². The second-order valence-electron chi connectivity index (χ2n) is 6.72. The normalized spacial score (nSPS) is 13.3. The van der Waals surface area contributed by atoms with Gasteiger partial charge < -0.3 is 10.4 Å². The Balaban J connectivity index is 2.22. The van der Waals surface area contributed by atoms with E-state index in [0.29, 0.717) is 23.2 Å². The quantitative estimate of drug-likeness (QED) is 0.814. The fourth-order valence-electron chi connectivity index (χ4n) is 2.37. The minimum atomic E-state index is -0.900. The van der Waals surface area contributed by atoms with Crippen molar-refractivity contribution in [3.8, 4) is 0 Å². The number of aromatic nitrogens is 3. The molecule has 1 unspecified atom stereocenters. The second kappa shape index (κ2) is 7.23. The first-order valence-corrected chi connectivity index (χ1v) is 8.58. The Morgan fingerprint density at radius 1 is 1.48 bits per heavy atom. The van der Waals surface area contributed by atoms with Crippen molar-refractivity contribution in [1.29, 1.82) is 0 Å². The summed E-state index contributed by atoms with van der Waals surface area (Å²) in [6.07, 6.45) is 2.22. The molecule has 0 aliphatic carbocycles. The number of hydrogen-bond acceptors (Lipinski definition) is 5. The van der Waals surface area contributed by atoms with Gasteiger partial charge in [0, 0.05) is 0 Å². The third-order valence-electron chi connectivity index (χ3n) is 3.25. The molecule has 126 valence electrons. The predicted octanol–water partition coefficient (Wildman–Crippen LogP) is 2.63. The Bertz CT molecular complexity index is 629. The van der Waals surface area contributed by atoms with Crippen LogP contribution in [0.15, 0.2) is 23.8 Å². The molecule has 1 atom stereocenters. The zero-order valence-corrected chi connectivity index (χ0v) is 14.8. The number of nitrogens with one attached hydrogen (secondary N) is 1. The number of carbonyl (C=O) groups is 1. The molecule has 23 heavy (non-hydrogen) atoms. The molecule has 0 spiro atoms. The molecule has 6 nitrogen and oxygen atoms in total. The Kier molecular flexibility index (Phi) is 5.54. The molecule has 2 heterocycles. The van der Waals surface area contributed by atoms with E-state index >= 15 is 0 Å². The lowest BCUT2D eigenvalue weighted by molar-refractivity contribution is 0.0558. The minimum Gasteiger partial charge on any atom is -0.389 e. The van der Waals surface area contributed by atoms with Gasteiger partial charge in [-0.15, -0.1) is 11.3 Å². The fraction of sp³-hybridized carbons (Fsp3) is 0.562. The number of aliphatic hydroxyl groups is 1. The van der Waals surface area contributed by atoms with E-state index in [-0.39, 0.29) is 11.9 Å². The summed E-state index contributed by atoms with van der Waals surface area (Å²) < 4.78 is 1.67.